The number of benzene rings is 1. The summed E-state index contributed by atoms with van der Waals surface area (Å²) >= 11 is 11.9. The summed E-state index contributed by atoms with van der Waals surface area (Å²) in [4.78, 5) is 11.2. The normalized spacial score (nSPS) is 23.1. The van der Waals surface area contributed by atoms with Gasteiger partial charge in [0.15, 0.2) is 5.75 Å². The molecule has 104 valence electrons. The molecule has 0 spiro atoms. The molecule has 2 unspecified atom stereocenters. The van der Waals surface area contributed by atoms with Crippen molar-refractivity contribution in [1.82, 2.24) is 0 Å². The summed E-state index contributed by atoms with van der Waals surface area (Å²) in [5.41, 5.74) is 0.0238. The Morgan fingerprint density at radius 3 is 2.74 bits per heavy atom. The Balaban J connectivity index is 2.26. The monoisotopic (exact) mass is 302 g/mol. The van der Waals surface area contributed by atoms with Crippen LogP contribution in [0.15, 0.2) is 12.1 Å². The zero-order valence-corrected chi connectivity index (χ0v) is 12.2. The highest BCUT2D eigenvalue weighted by Crippen LogP contribution is 2.36. The number of ether oxygens (including phenoxy) is 1. The molecule has 1 aliphatic carbocycles. The molecule has 1 fully saturated rings. The van der Waals surface area contributed by atoms with E-state index in [9.17, 15) is 9.90 Å². The van der Waals surface area contributed by atoms with Gasteiger partial charge in [-0.25, -0.2) is 4.79 Å². The third kappa shape index (κ3) is 3.54. The Kier molecular flexibility index (Phi) is 4.58. The van der Waals surface area contributed by atoms with E-state index in [0.717, 1.165) is 19.3 Å². The molecule has 3 nitrogen and oxygen atoms in total. The predicted molar refractivity (Wildman–Crippen MR) is 75.5 cm³/mol. The van der Waals surface area contributed by atoms with Gasteiger partial charge in [0.05, 0.1) is 11.1 Å². The summed E-state index contributed by atoms with van der Waals surface area (Å²) in [7, 11) is 0. The van der Waals surface area contributed by atoms with Crippen LogP contribution in [-0.4, -0.2) is 17.2 Å². The Morgan fingerprint density at radius 2 is 2.11 bits per heavy atom. The van der Waals surface area contributed by atoms with E-state index in [-0.39, 0.29) is 22.4 Å². The molecule has 19 heavy (non-hydrogen) atoms. The minimum Gasteiger partial charge on any atom is -0.488 e. The van der Waals surface area contributed by atoms with Crippen LogP contribution >= 0.6 is 23.2 Å². The van der Waals surface area contributed by atoms with Gasteiger partial charge in [0.25, 0.3) is 0 Å². The molecule has 1 N–H and O–H groups in total. The van der Waals surface area contributed by atoms with E-state index in [0.29, 0.717) is 10.9 Å². The highest BCUT2D eigenvalue weighted by molar-refractivity contribution is 6.36. The second-order valence-electron chi connectivity index (χ2n) is 5.08. The standard InChI is InChI=1S/C14H16Cl2O3/c1-8-3-2-4-10(5-8)19-13-11(14(17)18)6-9(15)7-12(13)16/h6-8,10H,2-5H2,1H3,(H,17,18). The average molecular weight is 303 g/mol. The lowest BCUT2D eigenvalue weighted by Gasteiger charge is -2.28. The minimum atomic E-state index is -1.08. The lowest BCUT2D eigenvalue weighted by molar-refractivity contribution is 0.0683. The van der Waals surface area contributed by atoms with Crippen LogP contribution in [0.1, 0.15) is 43.0 Å². The Hall–Kier alpha value is -0.930. The van der Waals surface area contributed by atoms with Crippen molar-refractivity contribution >= 4 is 29.2 Å². The number of hydrogen-bond donors (Lipinski definition) is 1. The van der Waals surface area contributed by atoms with Gasteiger partial charge in [0.2, 0.25) is 0 Å². The van der Waals surface area contributed by atoms with E-state index in [2.05, 4.69) is 6.92 Å². The number of hydrogen-bond acceptors (Lipinski definition) is 2. The largest absolute Gasteiger partial charge is 0.488 e. The second-order valence-corrected chi connectivity index (χ2v) is 5.92. The number of carboxylic acids is 1. The van der Waals surface area contributed by atoms with Gasteiger partial charge in [0.1, 0.15) is 5.56 Å². The number of halogens is 2. The molecule has 1 aliphatic rings. The van der Waals surface area contributed by atoms with Gasteiger partial charge in [0, 0.05) is 5.02 Å². The quantitative estimate of drug-likeness (QED) is 0.884. The number of aromatic carboxylic acids is 1. The van der Waals surface area contributed by atoms with Crippen LogP contribution in [0, 0.1) is 5.92 Å². The third-order valence-electron chi connectivity index (χ3n) is 3.41. The van der Waals surface area contributed by atoms with E-state index < -0.39 is 5.97 Å². The smallest absolute Gasteiger partial charge is 0.339 e. The zero-order chi connectivity index (χ0) is 14.0. The molecule has 5 heteroatoms. The number of rotatable bonds is 3. The molecule has 0 bridgehead atoms. The molecule has 0 radical (unpaired) electrons. The first-order chi connectivity index (χ1) is 8.97. The fraction of sp³-hybridized carbons (Fsp3) is 0.500. The molecule has 1 aromatic rings. The SMILES string of the molecule is CC1CCCC(Oc2c(Cl)cc(Cl)cc2C(=O)O)C1. The summed E-state index contributed by atoms with van der Waals surface area (Å²) < 4.78 is 5.83. The molecule has 0 amide bonds. The van der Waals surface area contributed by atoms with Crippen molar-refractivity contribution < 1.29 is 14.6 Å². The molecule has 2 atom stereocenters. The van der Waals surface area contributed by atoms with Crippen LogP contribution in [0.2, 0.25) is 10.0 Å². The molecule has 0 aromatic heterocycles. The van der Waals surface area contributed by atoms with Crippen LogP contribution < -0.4 is 4.74 Å². The van der Waals surface area contributed by atoms with Gasteiger partial charge in [-0.1, -0.05) is 36.5 Å². The Morgan fingerprint density at radius 1 is 1.37 bits per heavy atom. The molecule has 0 heterocycles. The van der Waals surface area contributed by atoms with Crippen LogP contribution in [0.5, 0.6) is 5.75 Å². The fourth-order valence-electron chi connectivity index (χ4n) is 2.49. The summed E-state index contributed by atoms with van der Waals surface area (Å²) in [6, 6.07) is 2.88. The predicted octanol–water partition coefficient (Wildman–Crippen LogP) is 4.65. The van der Waals surface area contributed by atoms with E-state index in [4.69, 9.17) is 27.9 Å². The van der Waals surface area contributed by atoms with Crippen molar-refractivity contribution in [2.75, 3.05) is 0 Å². The van der Waals surface area contributed by atoms with Crippen molar-refractivity contribution in [1.29, 1.82) is 0 Å². The van der Waals surface area contributed by atoms with Crippen LogP contribution in [0.4, 0.5) is 0 Å². The van der Waals surface area contributed by atoms with Crippen molar-refractivity contribution in [3.8, 4) is 5.75 Å². The second kappa shape index (κ2) is 6.02. The fourth-order valence-corrected chi connectivity index (χ4v) is 3.03. The van der Waals surface area contributed by atoms with Crippen molar-refractivity contribution in [3.05, 3.63) is 27.7 Å². The molecular formula is C14H16Cl2O3. The maximum absolute atomic E-state index is 11.2. The lowest BCUT2D eigenvalue weighted by Crippen LogP contribution is -2.25. The average Bonchev–Trinajstić information content (AvgIpc) is 2.32. The molecule has 0 saturated heterocycles. The summed E-state index contributed by atoms with van der Waals surface area (Å²) in [6.07, 6.45) is 4.18. The van der Waals surface area contributed by atoms with Crippen LogP contribution in [0.3, 0.4) is 0 Å². The number of carboxylic acid groups (broad SMARTS) is 1. The van der Waals surface area contributed by atoms with Gasteiger partial charge >= 0.3 is 5.97 Å². The van der Waals surface area contributed by atoms with Gasteiger partial charge in [-0.15, -0.1) is 0 Å². The highest BCUT2D eigenvalue weighted by Gasteiger charge is 2.24. The van der Waals surface area contributed by atoms with Gasteiger partial charge in [-0.3, -0.25) is 0 Å². The summed E-state index contributed by atoms with van der Waals surface area (Å²) in [6.45, 7) is 2.18. The Labute approximate surface area is 122 Å². The third-order valence-corrected chi connectivity index (χ3v) is 3.91. The topological polar surface area (TPSA) is 46.5 Å². The maximum Gasteiger partial charge on any atom is 0.339 e. The van der Waals surface area contributed by atoms with Crippen molar-refractivity contribution in [3.63, 3.8) is 0 Å². The molecule has 1 saturated carbocycles. The Bertz CT molecular complexity index is 488. The first-order valence-electron chi connectivity index (χ1n) is 6.36. The van der Waals surface area contributed by atoms with Crippen LogP contribution in [-0.2, 0) is 0 Å². The molecule has 2 rings (SSSR count). The maximum atomic E-state index is 11.2. The van der Waals surface area contributed by atoms with Gasteiger partial charge in [-0.2, -0.15) is 0 Å². The van der Waals surface area contributed by atoms with E-state index in [1.807, 2.05) is 0 Å². The summed E-state index contributed by atoms with van der Waals surface area (Å²) in [5.74, 6) is -0.251. The first kappa shape index (κ1) is 14.5. The highest BCUT2D eigenvalue weighted by atomic mass is 35.5. The van der Waals surface area contributed by atoms with Crippen molar-refractivity contribution in [2.45, 2.75) is 38.7 Å². The van der Waals surface area contributed by atoms with Crippen molar-refractivity contribution in [2.24, 2.45) is 5.92 Å². The van der Waals surface area contributed by atoms with E-state index >= 15 is 0 Å². The molecular weight excluding hydrogens is 287 g/mol. The lowest BCUT2D eigenvalue weighted by atomic mass is 9.88. The molecule has 0 aliphatic heterocycles. The number of carbonyl (C=O) groups is 1. The van der Waals surface area contributed by atoms with E-state index in [1.54, 1.807) is 0 Å². The minimum absolute atomic E-state index is 0.0238. The van der Waals surface area contributed by atoms with E-state index in [1.165, 1.54) is 18.6 Å². The van der Waals surface area contributed by atoms with Crippen LogP contribution in [0.25, 0.3) is 0 Å². The van der Waals surface area contributed by atoms with Gasteiger partial charge < -0.3 is 9.84 Å². The zero-order valence-electron chi connectivity index (χ0n) is 10.7. The van der Waals surface area contributed by atoms with Gasteiger partial charge in [-0.05, 0) is 37.3 Å². The molecule has 1 aromatic carbocycles. The first-order valence-corrected chi connectivity index (χ1v) is 7.12. The summed E-state index contributed by atoms with van der Waals surface area (Å²) in [5, 5.41) is 9.75.